The summed E-state index contributed by atoms with van der Waals surface area (Å²) < 4.78 is 33.8. The van der Waals surface area contributed by atoms with E-state index in [0.29, 0.717) is 5.56 Å². The van der Waals surface area contributed by atoms with Crippen molar-refractivity contribution in [1.82, 2.24) is 0 Å². The van der Waals surface area contributed by atoms with Crippen molar-refractivity contribution < 1.29 is 18.3 Å². The van der Waals surface area contributed by atoms with Crippen LogP contribution < -0.4 is 0 Å². The van der Waals surface area contributed by atoms with Crippen LogP contribution in [0.25, 0.3) is 0 Å². The quantitative estimate of drug-likeness (QED) is 0.740. The molecule has 4 heteroatoms. The second-order valence-electron chi connectivity index (χ2n) is 3.16. The van der Waals surface area contributed by atoms with Gasteiger partial charge in [-0.15, -0.1) is 0 Å². The number of ether oxygens (including phenoxy) is 2. The maximum atomic E-state index is 12.1. The van der Waals surface area contributed by atoms with Crippen LogP contribution in [0, 0.1) is 6.07 Å². The zero-order valence-electron chi connectivity index (χ0n) is 7.37. The van der Waals surface area contributed by atoms with E-state index < -0.39 is 12.2 Å². The molecule has 0 aliphatic carbocycles. The lowest BCUT2D eigenvalue weighted by molar-refractivity contribution is -0.293. The molecule has 0 bridgehead atoms. The summed E-state index contributed by atoms with van der Waals surface area (Å²) in [6, 6.07) is 9.66. The second-order valence-corrected chi connectivity index (χ2v) is 3.16. The Balaban J connectivity index is 2.20. The van der Waals surface area contributed by atoms with Gasteiger partial charge in [0.1, 0.15) is 5.60 Å². The molecule has 1 aliphatic heterocycles. The first-order chi connectivity index (χ1) is 6.73. The van der Waals surface area contributed by atoms with Crippen LogP contribution in [0.3, 0.4) is 0 Å². The lowest BCUT2D eigenvalue weighted by Gasteiger charge is -2.40. The predicted molar refractivity (Wildman–Crippen MR) is 44.9 cm³/mol. The van der Waals surface area contributed by atoms with Gasteiger partial charge in [-0.1, -0.05) is 18.2 Å². The van der Waals surface area contributed by atoms with Gasteiger partial charge in [-0.05, 0) is 17.7 Å². The Hall–Kier alpha value is -1.00. The van der Waals surface area contributed by atoms with Gasteiger partial charge in [0.05, 0.1) is 13.2 Å². The van der Waals surface area contributed by atoms with Gasteiger partial charge in [0.15, 0.2) is 0 Å². The molecule has 1 fully saturated rings. The van der Waals surface area contributed by atoms with Crippen LogP contribution in [0.15, 0.2) is 24.3 Å². The van der Waals surface area contributed by atoms with Gasteiger partial charge in [-0.3, -0.25) is 0 Å². The summed E-state index contributed by atoms with van der Waals surface area (Å²) in [5, 5.41) is 0. The molecule has 1 radical (unpaired) electrons. The molecule has 2 nitrogen and oxygen atoms in total. The van der Waals surface area contributed by atoms with Crippen molar-refractivity contribution in [2.45, 2.75) is 12.2 Å². The molecule has 0 amide bonds. The van der Waals surface area contributed by atoms with Gasteiger partial charge in [0.25, 0.3) is 0 Å². The maximum Gasteiger partial charge on any atom is 0.346 e. The van der Waals surface area contributed by atoms with Gasteiger partial charge in [-0.25, -0.2) is 0 Å². The minimum Gasteiger partial charge on any atom is -0.375 e. The van der Waals surface area contributed by atoms with Gasteiger partial charge in [0, 0.05) is 0 Å². The van der Waals surface area contributed by atoms with Crippen LogP contribution in [0.1, 0.15) is 5.56 Å². The van der Waals surface area contributed by atoms with E-state index in [-0.39, 0.29) is 13.2 Å². The van der Waals surface area contributed by atoms with E-state index in [1.807, 2.05) is 0 Å². The SMILES string of the molecule is FC(F)OC1(c2c[c]ccc2)COC1. The largest absolute Gasteiger partial charge is 0.375 e. The molecule has 1 aromatic carbocycles. The van der Waals surface area contributed by atoms with Crippen LogP contribution in [0.4, 0.5) is 8.78 Å². The normalized spacial score (nSPS) is 19.4. The molecular weight excluding hydrogens is 190 g/mol. The fraction of sp³-hybridized carbons (Fsp3) is 0.400. The van der Waals surface area contributed by atoms with Gasteiger partial charge < -0.3 is 9.47 Å². The second kappa shape index (κ2) is 3.63. The topological polar surface area (TPSA) is 18.5 Å². The number of halogens is 2. The fourth-order valence-electron chi connectivity index (χ4n) is 1.44. The Bertz CT molecular complexity index is 296. The number of hydrogen-bond donors (Lipinski definition) is 0. The molecule has 1 heterocycles. The standard InChI is InChI=1S/C10H9F2O2/c11-9(12)14-10(6-13-7-10)8-4-2-1-3-5-8/h1-2,4-5,9H,6-7H2. The molecule has 1 saturated heterocycles. The zero-order valence-corrected chi connectivity index (χ0v) is 7.37. The Morgan fingerprint density at radius 1 is 1.50 bits per heavy atom. The molecule has 0 aromatic heterocycles. The van der Waals surface area contributed by atoms with Crippen LogP contribution in [-0.2, 0) is 15.1 Å². The Kier molecular flexibility index (Phi) is 2.48. The molecule has 0 atom stereocenters. The zero-order chi connectivity index (χ0) is 10.0. The van der Waals surface area contributed by atoms with E-state index in [1.165, 1.54) is 0 Å². The van der Waals surface area contributed by atoms with Crippen molar-refractivity contribution in [3.63, 3.8) is 0 Å². The molecule has 0 saturated carbocycles. The Morgan fingerprint density at radius 2 is 2.29 bits per heavy atom. The first-order valence-electron chi connectivity index (χ1n) is 4.23. The van der Waals surface area contributed by atoms with Crippen molar-refractivity contribution in [3.05, 3.63) is 35.9 Å². The first-order valence-corrected chi connectivity index (χ1v) is 4.23. The molecule has 0 unspecified atom stereocenters. The highest BCUT2D eigenvalue weighted by Crippen LogP contribution is 2.35. The first kappa shape index (κ1) is 9.55. The van der Waals surface area contributed by atoms with Crippen molar-refractivity contribution in [2.24, 2.45) is 0 Å². The summed E-state index contributed by atoms with van der Waals surface area (Å²) in [5.74, 6) is 0. The van der Waals surface area contributed by atoms with E-state index in [4.69, 9.17) is 4.74 Å². The van der Waals surface area contributed by atoms with Crippen LogP contribution >= 0.6 is 0 Å². The van der Waals surface area contributed by atoms with E-state index in [1.54, 1.807) is 24.3 Å². The monoisotopic (exact) mass is 199 g/mol. The maximum absolute atomic E-state index is 12.1. The number of hydrogen-bond acceptors (Lipinski definition) is 2. The van der Waals surface area contributed by atoms with Gasteiger partial charge in [0.2, 0.25) is 0 Å². The summed E-state index contributed by atoms with van der Waals surface area (Å²) >= 11 is 0. The van der Waals surface area contributed by atoms with Crippen LogP contribution in [-0.4, -0.2) is 19.8 Å². The number of alkyl halides is 2. The molecule has 0 spiro atoms. The number of benzene rings is 1. The minimum atomic E-state index is -2.78. The average Bonchev–Trinajstić information content (AvgIpc) is 2.12. The fourth-order valence-corrected chi connectivity index (χ4v) is 1.44. The highest BCUT2D eigenvalue weighted by atomic mass is 19.3. The van der Waals surface area contributed by atoms with E-state index in [2.05, 4.69) is 10.8 Å². The van der Waals surface area contributed by atoms with Crippen LogP contribution in [0.2, 0.25) is 0 Å². The Morgan fingerprint density at radius 3 is 2.71 bits per heavy atom. The van der Waals surface area contributed by atoms with Crippen molar-refractivity contribution >= 4 is 0 Å². The van der Waals surface area contributed by atoms with Crippen molar-refractivity contribution in [3.8, 4) is 0 Å². The molecule has 2 rings (SSSR count). The average molecular weight is 199 g/mol. The Labute approximate surface area is 80.4 Å². The molecule has 1 aromatic rings. The van der Waals surface area contributed by atoms with Crippen molar-refractivity contribution in [2.75, 3.05) is 13.2 Å². The third-order valence-electron chi connectivity index (χ3n) is 2.22. The van der Waals surface area contributed by atoms with Gasteiger partial charge in [-0.2, -0.15) is 8.78 Å². The highest BCUT2D eigenvalue weighted by molar-refractivity contribution is 5.24. The summed E-state index contributed by atoms with van der Waals surface area (Å²) in [5.41, 5.74) is -0.280. The summed E-state index contributed by atoms with van der Waals surface area (Å²) in [6.07, 6.45) is 0. The van der Waals surface area contributed by atoms with Crippen LogP contribution in [0.5, 0.6) is 0 Å². The lowest BCUT2D eigenvalue weighted by Crippen LogP contribution is -2.50. The van der Waals surface area contributed by atoms with E-state index in [9.17, 15) is 8.78 Å². The van der Waals surface area contributed by atoms with Crippen molar-refractivity contribution in [1.29, 1.82) is 0 Å². The number of rotatable bonds is 3. The summed E-state index contributed by atoms with van der Waals surface area (Å²) in [6.45, 7) is -2.43. The summed E-state index contributed by atoms with van der Waals surface area (Å²) in [4.78, 5) is 0. The van der Waals surface area contributed by atoms with Gasteiger partial charge >= 0.3 is 6.61 Å². The molecule has 75 valence electrons. The summed E-state index contributed by atoms with van der Waals surface area (Å²) in [7, 11) is 0. The highest BCUT2D eigenvalue weighted by Gasteiger charge is 2.43. The molecule has 1 aliphatic rings. The molecule has 0 N–H and O–H groups in total. The van der Waals surface area contributed by atoms with E-state index in [0.717, 1.165) is 0 Å². The lowest BCUT2D eigenvalue weighted by atomic mass is 9.92. The minimum absolute atomic E-state index is 0.176. The smallest absolute Gasteiger partial charge is 0.346 e. The molecule has 14 heavy (non-hydrogen) atoms. The third-order valence-corrected chi connectivity index (χ3v) is 2.22. The van der Waals surface area contributed by atoms with E-state index >= 15 is 0 Å². The molecular formula is C10H9F2O2. The third kappa shape index (κ3) is 1.63. The predicted octanol–water partition coefficient (Wildman–Crippen LogP) is 1.95.